The van der Waals surface area contributed by atoms with Crippen LogP contribution in [0.25, 0.3) is 0 Å². The van der Waals surface area contributed by atoms with E-state index < -0.39 is 116 Å². The molecule has 1 aromatic rings. The van der Waals surface area contributed by atoms with Gasteiger partial charge in [0.05, 0.1) is 7.11 Å². The van der Waals surface area contributed by atoms with Crippen molar-refractivity contribution in [3.8, 4) is 11.5 Å². The van der Waals surface area contributed by atoms with Gasteiger partial charge in [-0.25, -0.2) is 0 Å². The first-order chi connectivity index (χ1) is 24.5. The quantitative estimate of drug-likeness (QED) is 0.189. The molecule has 19 heteroatoms. The highest BCUT2D eigenvalue weighted by molar-refractivity contribution is 5.69. The van der Waals surface area contributed by atoms with Crippen LogP contribution in [0.1, 0.15) is 48.5 Å². The van der Waals surface area contributed by atoms with Crippen molar-refractivity contribution in [1.82, 2.24) is 0 Å². The highest BCUT2D eigenvalue weighted by Gasteiger charge is 2.58. The average molecular weight is 743 g/mol. The highest BCUT2D eigenvalue weighted by Crippen LogP contribution is 2.36. The fourth-order valence-corrected chi connectivity index (χ4v) is 5.36. The van der Waals surface area contributed by atoms with Crippen molar-refractivity contribution in [3.63, 3.8) is 0 Å². The van der Waals surface area contributed by atoms with E-state index in [9.17, 15) is 33.6 Å². The lowest BCUT2D eigenvalue weighted by Crippen LogP contribution is -2.67. The summed E-state index contributed by atoms with van der Waals surface area (Å²) in [6, 6.07) is 6.20. The first-order valence-corrected chi connectivity index (χ1v) is 15.9. The third-order valence-corrected chi connectivity index (χ3v) is 7.20. The second-order valence-corrected chi connectivity index (χ2v) is 11.5. The van der Waals surface area contributed by atoms with Crippen LogP contribution in [-0.4, -0.2) is 124 Å². The lowest BCUT2D eigenvalue weighted by molar-refractivity contribution is -0.354. The van der Waals surface area contributed by atoms with Crippen LogP contribution in [0.15, 0.2) is 24.3 Å². The molecule has 3 rings (SSSR count). The van der Waals surface area contributed by atoms with Crippen LogP contribution in [0.5, 0.6) is 11.5 Å². The minimum Gasteiger partial charge on any atom is -0.497 e. The van der Waals surface area contributed by atoms with Crippen molar-refractivity contribution < 1.29 is 90.4 Å². The number of carbonyl (C=O) groups is 7. The van der Waals surface area contributed by atoms with Crippen molar-refractivity contribution in [2.24, 2.45) is 0 Å². The number of ether oxygens (including phenoxy) is 12. The van der Waals surface area contributed by atoms with Crippen molar-refractivity contribution in [3.05, 3.63) is 24.3 Å². The number of methoxy groups -OCH3 is 1. The fourth-order valence-electron chi connectivity index (χ4n) is 5.36. The fraction of sp³-hybridized carbons (Fsp3) is 0.606. The van der Waals surface area contributed by atoms with E-state index in [4.69, 9.17) is 56.8 Å². The summed E-state index contributed by atoms with van der Waals surface area (Å²) in [7, 11) is 1.46. The van der Waals surface area contributed by atoms with E-state index in [-0.39, 0.29) is 5.75 Å². The largest absolute Gasteiger partial charge is 0.497 e. The summed E-state index contributed by atoms with van der Waals surface area (Å²) in [6.07, 6.45) is -15.7. The Hall–Kier alpha value is -5.01. The number of hydrogen-bond acceptors (Lipinski definition) is 19. The van der Waals surface area contributed by atoms with Crippen molar-refractivity contribution in [2.45, 2.75) is 110 Å². The lowest BCUT2D eigenvalue weighted by Gasteiger charge is -2.48. The second-order valence-electron chi connectivity index (χ2n) is 11.5. The number of esters is 7. The Kier molecular flexibility index (Phi) is 15.1. The maximum atomic E-state index is 12.6. The molecule has 2 aliphatic rings. The smallest absolute Gasteiger partial charge is 0.303 e. The Labute approximate surface area is 298 Å². The third kappa shape index (κ3) is 12.1. The topological polar surface area (TPSA) is 230 Å². The molecule has 0 bridgehead atoms. The molecule has 0 aromatic heterocycles. The molecular formula is C33H42O19. The Bertz CT molecular complexity index is 1440. The molecule has 0 spiro atoms. The summed E-state index contributed by atoms with van der Waals surface area (Å²) in [5, 5.41) is 0. The number of hydrogen-bond donors (Lipinski definition) is 0. The summed E-state index contributed by atoms with van der Waals surface area (Å²) < 4.78 is 67.6. The predicted molar refractivity (Wildman–Crippen MR) is 167 cm³/mol. The SMILES string of the molecule is COc1ccc(O[C@@H]2O[C@H](COC(C)=O)[C@@H](O[C@@H]3O[C@H](COC(C)=O)[C@H](OC(C)=O)[C@H](OC(C)=O)[C@H]3OC(C)=O)[C@H](OC(C)=O)[C@H]2OC(C)=O)cc1. The highest BCUT2D eigenvalue weighted by atomic mass is 16.8. The monoisotopic (exact) mass is 742 g/mol. The zero-order valence-corrected chi connectivity index (χ0v) is 29.8. The normalized spacial score (nSPS) is 28.2. The van der Waals surface area contributed by atoms with Gasteiger partial charge in [-0.2, -0.15) is 0 Å². The van der Waals surface area contributed by atoms with Gasteiger partial charge in [-0.05, 0) is 24.3 Å². The Morgan fingerprint density at radius 2 is 0.846 bits per heavy atom. The van der Waals surface area contributed by atoms with Crippen LogP contribution in [-0.2, 0) is 80.9 Å². The molecular weight excluding hydrogens is 700 g/mol. The van der Waals surface area contributed by atoms with Crippen LogP contribution in [0.4, 0.5) is 0 Å². The molecule has 0 N–H and O–H groups in total. The van der Waals surface area contributed by atoms with Gasteiger partial charge < -0.3 is 56.8 Å². The van der Waals surface area contributed by atoms with Crippen LogP contribution in [0, 0.1) is 0 Å². The molecule has 288 valence electrons. The van der Waals surface area contributed by atoms with E-state index in [2.05, 4.69) is 0 Å². The van der Waals surface area contributed by atoms with E-state index in [1.54, 1.807) is 12.1 Å². The molecule has 2 heterocycles. The molecule has 0 amide bonds. The number of rotatable bonds is 14. The van der Waals surface area contributed by atoms with Gasteiger partial charge >= 0.3 is 41.8 Å². The Balaban J connectivity index is 2.16. The van der Waals surface area contributed by atoms with E-state index in [1.165, 1.54) is 19.2 Å². The van der Waals surface area contributed by atoms with Gasteiger partial charge in [0.1, 0.15) is 43.0 Å². The van der Waals surface area contributed by atoms with Gasteiger partial charge in [0.2, 0.25) is 12.4 Å². The Morgan fingerprint density at radius 1 is 0.481 bits per heavy atom. The van der Waals surface area contributed by atoms with E-state index >= 15 is 0 Å². The van der Waals surface area contributed by atoms with E-state index in [0.29, 0.717) is 5.75 Å². The van der Waals surface area contributed by atoms with Crippen molar-refractivity contribution in [2.75, 3.05) is 20.3 Å². The van der Waals surface area contributed by atoms with Crippen LogP contribution < -0.4 is 9.47 Å². The molecule has 1 aromatic carbocycles. The van der Waals surface area contributed by atoms with Gasteiger partial charge in [0.15, 0.2) is 30.7 Å². The van der Waals surface area contributed by atoms with Crippen molar-refractivity contribution >= 4 is 41.8 Å². The van der Waals surface area contributed by atoms with Crippen LogP contribution in [0.3, 0.4) is 0 Å². The standard InChI is InChI=1S/C33H42O19/c1-15(34)42-13-24-26(44-17(3)36)28(45-18(4)37)31(48-21(7)40)33(51-24)52-27-25(14-43-16(2)35)50-32(49-23-11-9-22(41-8)10-12-23)30(47-20(6)39)29(27)46-19(5)38/h9-12,24-33H,13-14H2,1-8H3/t24-,25-,26+,27-,28+,29+,30-,31-,32-,33+/m1/s1. The number of benzene rings is 1. The third-order valence-electron chi connectivity index (χ3n) is 7.20. The molecule has 2 fully saturated rings. The summed E-state index contributed by atoms with van der Waals surface area (Å²) in [6.45, 7) is 6.35. The van der Waals surface area contributed by atoms with Gasteiger partial charge in [-0.15, -0.1) is 0 Å². The molecule has 0 radical (unpaired) electrons. The second kappa shape index (κ2) is 19.0. The maximum absolute atomic E-state index is 12.6. The molecule has 10 atom stereocenters. The molecule has 52 heavy (non-hydrogen) atoms. The molecule has 19 nitrogen and oxygen atoms in total. The predicted octanol–water partition coefficient (Wildman–Crippen LogP) is 0.694. The van der Waals surface area contributed by atoms with E-state index in [1.807, 2.05) is 0 Å². The van der Waals surface area contributed by atoms with Crippen LogP contribution in [0.2, 0.25) is 0 Å². The van der Waals surface area contributed by atoms with Gasteiger partial charge in [-0.3, -0.25) is 33.6 Å². The maximum Gasteiger partial charge on any atom is 0.303 e. The summed E-state index contributed by atoms with van der Waals surface area (Å²) in [5.74, 6) is -5.20. The Morgan fingerprint density at radius 3 is 1.29 bits per heavy atom. The van der Waals surface area contributed by atoms with E-state index in [0.717, 1.165) is 48.5 Å². The molecule has 2 aliphatic heterocycles. The summed E-state index contributed by atoms with van der Waals surface area (Å²) in [5.41, 5.74) is 0. The zero-order chi connectivity index (χ0) is 38.7. The minimum atomic E-state index is -1.80. The first kappa shape index (κ1) is 41.4. The van der Waals surface area contributed by atoms with Crippen LogP contribution >= 0.6 is 0 Å². The van der Waals surface area contributed by atoms with Crippen molar-refractivity contribution in [1.29, 1.82) is 0 Å². The molecule has 0 unspecified atom stereocenters. The molecule has 0 saturated carbocycles. The minimum absolute atomic E-state index is 0.203. The lowest BCUT2D eigenvalue weighted by atomic mass is 9.96. The molecule has 2 saturated heterocycles. The van der Waals surface area contributed by atoms with Gasteiger partial charge in [-0.1, -0.05) is 0 Å². The molecule has 0 aliphatic carbocycles. The summed E-state index contributed by atoms with van der Waals surface area (Å²) >= 11 is 0. The van der Waals surface area contributed by atoms with Gasteiger partial charge in [0.25, 0.3) is 0 Å². The van der Waals surface area contributed by atoms with Gasteiger partial charge in [0, 0.05) is 48.5 Å². The first-order valence-electron chi connectivity index (χ1n) is 15.9. The number of carbonyl (C=O) groups excluding carboxylic acids is 7. The average Bonchev–Trinajstić information content (AvgIpc) is 3.03. The zero-order valence-electron chi connectivity index (χ0n) is 29.8. The summed E-state index contributed by atoms with van der Waals surface area (Å²) in [4.78, 5) is 85.6.